The third-order valence-electron chi connectivity index (χ3n) is 4.67. The second kappa shape index (κ2) is 8.27. The van der Waals surface area contributed by atoms with E-state index in [1.807, 2.05) is 18.2 Å². The molecule has 26 heavy (non-hydrogen) atoms. The highest BCUT2D eigenvalue weighted by atomic mass is 19.1. The van der Waals surface area contributed by atoms with Crippen LogP contribution in [-0.2, 0) is 9.53 Å². The summed E-state index contributed by atoms with van der Waals surface area (Å²) in [6.45, 7) is 0.180. The van der Waals surface area contributed by atoms with Crippen LogP contribution in [0.4, 0.5) is 9.18 Å². The molecule has 1 aliphatic heterocycles. The maximum atomic E-state index is 12.9. The van der Waals surface area contributed by atoms with Crippen molar-refractivity contribution >= 4 is 12.0 Å². The Morgan fingerprint density at radius 1 is 1.31 bits per heavy atom. The Kier molecular flexibility index (Phi) is 5.83. The van der Waals surface area contributed by atoms with Crippen molar-refractivity contribution in [3.05, 3.63) is 59.4 Å². The number of allylic oxidation sites excluding steroid dienone is 2. The molecule has 1 aromatic rings. The predicted octanol–water partition coefficient (Wildman–Crippen LogP) is 3.65. The Morgan fingerprint density at radius 3 is 2.77 bits per heavy atom. The molecular weight excluding hydrogens is 337 g/mol. The first-order valence-corrected chi connectivity index (χ1v) is 8.85. The van der Waals surface area contributed by atoms with Gasteiger partial charge in [0.15, 0.2) is 0 Å². The number of benzene rings is 1. The lowest BCUT2D eigenvalue weighted by Crippen LogP contribution is -2.39. The van der Waals surface area contributed by atoms with E-state index >= 15 is 0 Å². The van der Waals surface area contributed by atoms with Crippen LogP contribution in [0.3, 0.4) is 0 Å². The third kappa shape index (κ3) is 4.19. The molecule has 3 rings (SSSR count). The topological polar surface area (TPSA) is 66.8 Å². The van der Waals surface area contributed by atoms with E-state index in [1.165, 1.54) is 29.2 Å². The van der Waals surface area contributed by atoms with Gasteiger partial charge in [0.25, 0.3) is 0 Å². The lowest BCUT2D eigenvalue weighted by Gasteiger charge is -2.22. The van der Waals surface area contributed by atoms with Gasteiger partial charge in [0.1, 0.15) is 18.5 Å². The summed E-state index contributed by atoms with van der Waals surface area (Å²) >= 11 is 0. The molecule has 2 atom stereocenters. The van der Waals surface area contributed by atoms with Crippen molar-refractivity contribution in [2.75, 3.05) is 6.61 Å². The molecular formula is C20H22FNO4. The van der Waals surface area contributed by atoms with E-state index in [4.69, 9.17) is 4.74 Å². The van der Waals surface area contributed by atoms with Gasteiger partial charge in [0, 0.05) is 6.42 Å². The van der Waals surface area contributed by atoms with Crippen molar-refractivity contribution in [2.24, 2.45) is 0 Å². The molecule has 0 unspecified atom stereocenters. The van der Waals surface area contributed by atoms with Crippen molar-refractivity contribution in [3.8, 4) is 0 Å². The average molecular weight is 359 g/mol. The SMILES string of the molecule is O=C(CCC[C@H](O)c1ccc(F)cc1)N1C(=O)OC[C@@H]1C1=CCCC=C1. The highest BCUT2D eigenvalue weighted by Crippen LogP contribution is 2.26. The number of hydrogen-bond donors (Lipinski definition) is 1. The Balaban J connectivity index is 1.54. The minimum atomic E-state index is -0.770. The van der Waals surface area contributed by atoms with Crippen molar-refractivity contribution in [1.29, 1.82) is 0 Å². The third-order valence-corrected chi connectivity index (χ3v) is 4.67. The smallest absolute Gasteiger partial charge is 0.417 e. The van der Waals surface area contributed by atoms with Gasteiger partial charge in [-0.25, -0.2) is 14.1 Å². The molecule has 1 fully saturated rings. The number of carbonyl (C=O) groups excluding carboxylic acids is 2. The molecule has 1 N–H and O–H groups in total. The summed E-state index contributed by atoms with van der Waals surface area (Å²) in [4.78, 5) is 25.7. The summed E-state index contributed by atoms with van der Waals surface area (Å²) in [5, 5.41) is 10.1. The van der Waals surface area contributed by atoms with Gasteiger partial charge in [0.05, 0.1) is 6.10 Å². The number of amides is 2. The second-order valence-electron chi connectivity index (χ2n) is 6.50. The molecule has 0 aromatic heterocycles. The normalized spacial score (nSPS) is 20.7. The van der Waals surface area contributed by atoms with Crippen LogP contribution in [0.15, 0.2) is 48.1 Å². The number of nitrogens with zero attached hydrogens (tertiary/aromatic N) is 1. The summed E-state index contributed by atoms with van der Waals surface area (Å²) in [5.41, 5.74) is 1.54. The van der Waals surface area contributed by atoms with Crippen LogP contribution < -0.4 is 0 Å². The highest BCUT2D eigenvalue weighted by molar-refractivity contribution is 5.94. The first-order chi connectivity index (χ1) is 12.6. The second-order valence-corrected chi connectivity index (χ2v) is 6.50. The largest absolute Gasteiger partial charge is 0.446 e. The maximum Gasteiger partial charge on any atom is 0.417 e. The van der Waals surface area contributed by atoms with E-state index in [1.54, 1.807) is 0 Å². The number of cyclic esters (lactones) is 1. The first kappa shape index (κ1) is 18.3. The molecule has 0 bridgehead atoms. The molecule has 6 heteroatoms. The summed E-state index contributed by atoms with van der Waals surface area (Å²) in [6, 6.07) is 5.27. The zero-order valence-electron chi connectivity index (χ0n) is 14.4. The van der Waals surface area contributed by atoms with E-state index in [0.717, 1.165) is 18.4 Å². The molecule has 1 saturated heterocycles. The van der Waals surface area contributed by atoms with Crippen LogP contribution in [0.2, 0.25) is 0 Å². The lowest BCUT2D eigenvalue weighted by molar-refractivity contribution is -0.128. The molecule has 138 valence electrons. The number of carbonyl (C=O) groups is 2. The van der Waals surface area contributed by atoms with Crippen LogP contribution in [0.25, 0.3) is 0 Å². The van der Waals surface area contributed by atoms with Crippen molar-refractivity contribution in [1.82, 2.24) is 4.90 Å². The quantitative estimate of drug-likeness (QED) is 0.842. The van der Waals surface area contributed by atoms with E-state index in [2.05, 4.69) is 0 Å². The van der Waals surface area contributed by atoms with Gasteiger partial charge in [-0.3, -0.25) is 4.79 Å². The monoisotopic (exact) mass is 359 g/mol. The minimum absolute atomic E-state index is 0.140. The maximum absolute atomic E-state index is 12.9. The molecule has 0 spiro atoms. The fraction of sp³-hybridized carbons (Fsp3) is 0.400. The standard InChI is InChI=1S/C20H22FNO4/c21-16-11-9-15(10-12-16)18(23)7-4-8-19(24)22-17(13-26-20(22)25)14-5-2-1-3-6-14/h2,5-6,9-12,17-18,23H,1,3-4,7-8,13H2/t17-,18+/m1/s1. The van der Waals surface area contributed by atoms with Crippen LogP contribution in [0.1, 0.15) is 43.8 Å². The van der Waals surface area contributed by atoms with Gasteiger partial charge in [-0.1, -0.05) is 30.4 Å². The fourth-order valence-corrected chi connectivity index (χ4v) is 3.24. The number of imide groups is 1. The number of rotatable bonds is 6. The van der Waals surface area contributed by atoms with Crippen LogP contribution in [0, 0.1) is 5.82 Å². The number of aliphatic hydroxyl groups excluding tert-OH is 1. The van der Waals surface area contributed by atoms with Crippen LogP contribution >= 0.6 is 0 Å². The predicted molar refractivity (Wildman–Crippen MR) is 93.6 cm³/mol. The average Bonchev–Trinajstić information content (AvgIpc) is 3.04. The number of hydrogen-bond acceptors (Lipinski definition) is 4. The molecule has 5 nitrogen and oxygen atoms in total. The summed E-state index contributed by atoms with van der Waals surface area (Å²) in [7, 11) is 0. The lowest BCUT2D eigenvalue weighted by atomic mass is 9.99. The molecule has 0 radical (unpaired) electrons. The molecule has 1 heterocycles. The van der Waals surface area contributed by atoms with Crippen molar-refractivity contribution < 1.29 is 23.8 Å². The van der Waals surface area contributed by atoms with E-state index in [0.29, 0.717) is 18.4 Å². The van der Waals surface area contributed by atoms with E-state index in [-0.39, 0.29) is 30.8 Å². The van der Waals surface area contributed by atoms with E-state index in [9.17, 15) is 19.1 Å². The van der Waals surface area contributed by atoms with Gasteiger partial charge in [-0.05, 0) is 49.0 Å². The van der Waals surface area contributed by atoms with Crippen molar-refractivity contribution in [2.45, 2.75) is 44.2 Å². The molecule has 2 aliphatic rings. The zero-order valence-corrected chi connectivity index (χ0v) is 14.4. The molecule has 2 amide bonds. The van der Waals surface area contributed by atoms with E-state index < -0.39 is 12.2 Å². The van der Waals surface area contributed by atoms with Crippen LogP contribution in [-0.4, -0.2) is 34.7 Å². The Labute approximate surface area is 151 Å². The van der Waals surface area contributed by atoms with Gasteiger partial charge >= 0.3 is 6.09 Å². The van der Waals surface area contributed by atoms with Gasteiger partial charge in [0.2, 0.25) is 5.91 Å². The highest BCUT2D eigenvalue weighted by Gasteiger charge is 2.39. The fourth-order valence-electron chi connectivity index (χ4n) is 3.24. The molecule has 0 saturated carbocycles. The van der Waals surface area contributed by atoms with Gasteiger partial charge in [-0.2, -0.15) is 0 Å². The van der Waals surface area contributed by atoms with Crippen molar-refractivity contribution in [3.63, 3.8) is 0 Å². The number of ether oxygens (including phenoxy) is 1. The number of halogens is 1. The summed E-state index contributed by atoms with van der Waals surface area (Å²) in [5.74, 6) is -0.663. The number of aliphatic hydroxyl groups is 1. The Hall–Kier alpha value is -2.47. The molecule has 1 aliphatic carbocycles. The van der Waals surface area contributed by atoms with Gasteiger partial charge < -0.3 is 9.84 Å². The summed E-state index contributed by atoms with van der Waals surface area (Å²) in [6.07, 6.45) is 7.38. The Bertz CT molecular complexity index is 726. The first-order valence-electron chi connectivity index (χ1n) is 8.85. The molecule has 1 aromatic carbocycles. The van der Waals surface area contributed by atoms with Crippen LogP contribution in [0.5, 0.6) is 0 Å². The summed E-state index contributed by atoms with van der Waals surface area (Å²) < 4.78 is 18.0. The minimum Gasteiger partial charge on any atom is -0.446 e. The van der Waals surface area contributed by atoms with Gasteiger partial charge in [-0.15, -0.1) is 0 Å². The Morgan fingerprint density at radius 2 is 2.08 bits per heavy atom. The zero-order chi connectivity index (χ0) is 18.5.